The third kappa shape index (κ3) is 4.34. The number of nitrogen functional groups attached to an aromatic ring is 1. The number of anilines is 2. The van der Waals surface area contributed by atoms with Crippen molar-refractivity contribution in [1.82, 2.24) is 25.2 Å². The summed E-state index contributed by atoms with van der Waals surface area (Å²) in [5.74, 6) is -1.06. The van der Waals surface area contributed by atoms with Crippen LogP contribution in [0.5, 0.6) is 11.8 Å². The second kappa shape index (κ2) is 9.88. The largest absolute Gasteiger partial charge is 0.486 e. The maximum atomic E-state index is 16.9. The average molecular weight is 652 g/mol. The monoisotopic (exact) mass is 651 g/mol. The van der Waals surface area contributed by atoms with Gasteiger partial charge in [-0.25, -0.2) is 13.8 Å². The van der Waals surface area contributed by atoms with Gasteiger partial charge in [-0.05, 0) is 44.7 Å². The number of hydrogen-bond acceptors (Lipinski definition) is 9. The molecule has 240 valence electrons. The third-order valence-electron chi connectivity index (χ3n) is 10.2. The van der Waals surface area contributed by atoms with Crippen molar-refractivity contribution in [2.24, 2.45) is 0 Å². The fourth-order valence-electron chi connectivity index (χ4n) is 8.21. The number of aromatic nitrogens is 3. The van der Waals surface area contributed by atoms with Crippen molar-refractivity contribution in [1.29, 1.82) is 0 Å². The molecule has 9 nitrogen and oxygen atoms in total. The summed E-state index contributed by atoms with van der Waals surface area (Å²) < 4.78 is 87.0. The topological polar surface area (TPSA) is 102 Å². The number of rotatable bonds is 4. The van der Waals surface area contributed by atoms with Crippen molar-refractivity contribution in [3.05, 3.63) is 28.0 Å². The number of aryl methyl sites for hydroxylation is 1. The maximum Gasteiger partial charge on any atom is 0.418 e. The number of hydrogen-bond donors (Lipinski definition) is 2. The first-order valence-corrected chi connectivity index (χ1v) is 15.5. The van der Waals surface area contributed by atoms with Gasteiger partial charge in [-0.3, -0.25) is 4.90 Å². The van der Waals surface area contributed by atoms with Crippen LogP contribution in [0.3, 0.4) is 0 Å². The summed E-state index contributed by atoms with van der Waals surface area (Å²) in [6.07, 6.45) is -3.53. The van der Waals surface area contributed by atoms with Crippen molar-refractivity contribution in [2.75, 3.05) is 36.9 Å². The number of benzene rings is 1. The molecule has 0 saturated carbocycles. The lowest BCUT2D eigenvalue weighted by atomic mass is 9.86. The van der Waals surface area contributed by atoms with E-state index in [0.717, 1.165) is 31.9 Å². The lowest BCUT2D eigenvalue weighted by Gasteiger charge is -2.47. The molecule has 2 bridgehead atoms. The van der Waals surface area contributed by atoms with Gasteiger partial charge >= 0.3 is 12.2 Å². The Morgan fingerprint density at radius 3 is 2.73 bits per heavy atom. The lowest BCUT2D eigenvalue weighted by Crippen LogP contribution is -2.62. The zero-order valence-electron chi connectivity index (χ0n) is 24.5. The van der Waals surface area contributed by atoms with Crippen molar-refractivity contribution in [2.45, 2.75) is 81.6 Å². The summed E-state index contributed by atoms with van der Waals surface area (Å²) in [6, 6.07) is 0.859. The normalized spacial score (nSPS) is 30.5. The number of halogens is 6. The summed E-state index contributed by atoms with van der Waals surface area (Å²) in [7, 11) is 0. The van der Waals surface area contributed by atoms with E-state index in [-0.39, 0.29) is 63.8 Å². The van der Waals surface area contributed by atoms with Crippen molar-refractivity contribution < 1.29 is 31.4 Å². The van der Waals surface area contributed by atoms with Gasteiger partial charge < -0.3 is 25.4 Å². The van der Waals surface area contributed by atoms with Crippen LogP contribution in [0.4, 0.5) is 33.6 Å². The van der Waals surface area contributed by atoms with Crippen molar-refractivity contribution in [3.8, 4) is 23.0 Å². The Morgan fingerprint density at radius 1 is 1.22 bits per heavy atom. The minimum atomic E-state index is -4.90. The fourth-order valence-corrected chi connectivity index (χ4v) is 8.52. The van der Waals surface area contributed by atoms with Gasteiger partial charge in [0.05, 0.1) is 38.8 Å². The molecular weight excluding hydrogens is 621 g/mol. The Kier molecular flexibility index (Phi) is 6.41. The molecule has 4 fully saturated rings. The first kappa shape index (κ1) is 29.2. The highest BCUT2D eigenvalue weighted by Crippen LogP contribution is 2.52. The molecule has 0 amide bonds. The molecule has 45 heavy (non-hydrogen) atoms. The molecule has 15 heteroatoms. The summed E-state index contributed by atoms with van der Waals surface area (Å²) in [5, 5.41) is 3.38. The predicted octanol–water partition coefficient (Wildman–Crippen LogP) is 5.05. The summed E-state index contributed by atoms with van der Waals surface area (Å²) >= 11 is 6.84. The lowest BCUT2D eigenvalue weighted by molar-refractivity contribution is -0.137. The highest BCUT2D eigenvalue weighted by atomic mass is 35.5. The minimum Gasteiger partial charge on any atom is -0.486 e. The first-order chi connectivity index (χ1) is 21.3. The van der Waals surface area contributed by atoms with Gasteiger partial charge in [-0.2, -0.15) is 23.1 Å². The molecule has 0 spiro atoms. The van der Waals surface area contributed by atoms with Gasteiger partial charge in [0.2, 0.25) is 0 Å². The van der Waals surface area contributed by atoms with Crippen LogP contribution in [0, 0.1) is 12.7 Å². The highest BCUT2D eigenvalue weighted by molar-refractivity contribution is 6.36. The van der Waals surface area contributed by atoms with Crippen molar-refractivity contribution in [3.63, 3.8) is 0 Å². The van der Waals surface area contributed by atoms with Crippen LogP contribution in [0.25, 0.3) is 22.2 Å². The van der Waals surface area contributed by atoms with Crippen LogP contribution >= 0.6 is 11.6 Å². The number of fused-ring (bicyclic) bond motifs is 6. The molecule has 0 aliphatic carbocycles. The summed E-state index contributed by atoms with van der Waals surface area (Å²) in [5.41, 5.74) is 2.29. The molecule has 5 aliphatic rings. The van der Waals surface area contributed by atoms with E-state index in [1.165, 1.54) is 6.92 Å². The predicted molar refractivity (Wildman–Crippen MR) is 157 cm³/mol. The van der Waals surface area contributed by atoms with Crippen LogP contribution < -0.4 is 25.4 Å². The molecule has 5 aliphatic heterocycles. The summed E-state index contributed by atoms with van der Waals surface area (Å²) in [6.45, 7) is 4.78. The Labute approximate surface area is 260 Å². The first-order valence-electron chi connectivity index (χ1n) is 15.1. The molecule has 2 unspecified atom stereocenters. The maximum absolute atomic E-state index is 16.9. The molecule has 7 heterocycles. The van der Waals surface area contributed by atoms with E-state index < -0.39 is 46.6 Å². The van der Waals surface area contributed by atoms with Gasteiger partial charge in [0.1, 0.15) is 36.0 Å². The molecule has 2 aromatic heterocycles. The number of pyridine rings is 1. The quantitative estimate of drug-likeness (QED) is 0.376. The Morgan fingerprint density at radius 2 is 2.02 bits per heavy atom. The van der Waals surface area contributed by atoms with E-state index >= 15 is 4.39 Å². The number of nitrogens with one attached hydrogen (secondary N) is 1. The standard InChI is InChI=1S/C30H31ClF5N7O2/c1-12-7-17(37)39-23(20(12)30(34,35)36)18-21(31)26-19-24(22(18)33)40-28(44-11-29-5-6-42(29)9-14(32)8-29)41-27(19)43-10-15-3-4-16(38-15)25(43)13(2)45-26/h7,13-16,25,38H,3-6,8-11H2,1-2H3,(H2,37,39)/t13?,14-,15-,16+,25-,29?/m1/s1. The van der Waals surface area contributed by atoms with E-state index in [1.807, 2.05) is 11.8 Å². The van der Waals surface area contributed by atoms with Crippen LogP contribution in [0.2, 0.25) is 5.02 Å². The Bertz CT molecular complexity index is 1740. The second-order valence-corrected chi connectivity index (χ2v) is 13.4. The Hall–Kier alpha value is -3.23. The molecule has 3 N–H and O–H groups in total. The van der Waals surface area contributed by atoms with E-state index in [4.69, 9.17) is 31.8 Å². The van der Waals surface area contributed by atoms with Crippen LogP contribution in [0.15, 0.2) is 6.07 Å². The Balaban J connectivity index is 1.36. The highest BCUT2D eigenvalue weighted by Gasteiger charge is 2.53. The molecule has 3 aromatic rings. The van der Waals surface area contributed by atoms with Crippen LogP contribution in [-0.2, 0) is 6.18 Å². The SMILES string of the molecule is Cc1cc(N)nc(-c2c(Cl)c3c4c(nc(OCC56CCN5C[C@H](F)C6)nc4c2F)N2C[C@H]4CC[C@H](N4)[C@H]2C(C)O3)c1C(F)(F)F. The second-order valence-electron chi connectivity index (χ2n) is 13.0. The fraction of sp³-hybridized carbons (Fsp3) is 0.567. The van der Waals surface area contributed by atoms with Crippen LogP contribution in [-0.4, -0.2) is 82.0 Å². The molecular formula is C30H31ClF5N7O2. The molecule has 4 saturated heterocycles. The number of nitrogens with zero attached hydrogens (tertiary/aromatic N) is 5. The van der Waals surface area contributed by atoms with E-state index in [9.17, 15) is 17.6 Å². The molecule has 8 rings (SSSR count). The summed E-state index contributed by atoms with van der Waals surface area (Å²) in [4.78, 5) is 17.2. The van der Waals surface area contributed by atoms with Gasteiger partial charge in [0.15, 0.2) is 11.6 Å². The van der Waals surface area contributed by atoms with Gasteiger partial charge in [0, 0.05) is 38.1 Å². The molecule has 0 radical (unpaired) electrons. The van der Waals surface area contributed by atoms with E-state index in [2.05, 4.69) is 20.2 Å². The zero-order valence-corrected chi connectivity index (χ0v) is 25.3. The molecule has 6 atom stereocenters. The minimum absolute atomic E-state index is 0.0304. The van der Waals surface area contributed by atoms with Crippen molar-refractivity contribution >= 4 is 34.1 Å². The van der Waals surface area contributed by atoms with Gasteiger partial charge in [0.25, 0.3) is 0 Å². The number of alkyl halides is 4. The average Bonchev–Trinajstić information content (AvgIpc) is 3.39. The number of nitrogens with two attached hydrogens (primary N) is 1. The molecule has 1 aromatic carbocycles. The number of ether oxygens (including phenoxy) is 2. The van der Waals surface area contributed by atoms with E-state index in [0.29, 0.717) is 25.3 Å². The third-order valence-corrected chi connectivity index (χ3v) is 10.6. The van der Waals surface area contributed by atoms with Crippen LogP contribution in [0.1, 0.15) is 43.7 Å². The van der Waals surface area contributed by atoms with E-state index in [1.54, 1.807) is 0 Å². The smallest absolute Gasteiger partial charge is 0.418 e. The zero-order chi connectivity index (χ0) is 31.6. The van der Waals surface area contributed by atoms with Gasteiger partial charge in [-0.1, -0.05) is 11.6 Å². The number of piperazine rings is 1. The van der Waals surface area contributed by atoms with Gasteiger partial charge in [-0.15, -0.1) is 0 Å².